The third-order valence-electron chi connectivity index (χ3n) is 5.41. The Bertz CT molecular complexity index is 827. The van der Waals surface area contributed by atoms with Gasteiger partial charge in [-0.2, -0.15) is 5.26 Å². The van der Waals surface area contributed by atoms with Crippen LogP contribution in [0.2, 0.25) is 0 Å². The Morgan fingerprint density at radius 2 is 1.93 bits per heavy atom. The van der Waals surface area contributed by atoms with E-state index in [1.807, 2.05) is 37.3 Å². The second-order valence-electron chi connectivity index (χ2n) is 7.03. The number of nitriles is 1. The first kappa shape index (κ1) is 19.3. The first-order valence-corrected chi connectivity index (χ1v) is 9.73. The molecule has 0 saturated heterocycles. The summed E-state index contributed by atoms with van der Waals surface area (Å²) < 4.78 is 12.0. The van der Waals surface area contributed by atoms with Gasteiger partial charge in [0.25, 0.3) is 0 Å². The van der Waals surface area contributed by atoms with Crippen LogP contribution in [0.4, 0.5) is 0 Å². The summed E-state index contributed by atoms with van der Waals surface area (Å²) in [5.74, 6) is 1.43. The van der Waals surface area contributed by atoms with Crippen molar-refractivity contribution in [1.82, 2.24) is 4.90 Å². The van der Waals surface area contributed by atoms with Crippen molar-refractivity contribution in [2.45, 2.75) is 38.7 Å². The minimum atomic E-state index is -0.732. The summed E-state index contributed by atoms with van der Waals surface area (Å²) in [6.45, 7) is 7.09. The number of fused-ring (bicyclic) bond motifs is 2. The van der Waals surface area contributed by atoms with E-state index in [9.17, 15) is 5.26 Å². The molecule has 4 heteroatoms. The van der Waals surface area contributed by atoms with Crippen LogP contribution < -0.4 is 9.47 Å². The topological polar surface area (TPSA) is 45.5 Å². The maximum absolute atomic E-state index is 10.4. The van der Waals surface area contributed by atoms with Crippen LogP contribution in [0.5, 0.6) is 11.5 Å². The number of benzene rings is 2. The highest BCUT2D eigenvalue weighted by atomic mass is 16.5. The number of ether oxygens (including phenoxy) is 2. The molecule has 0 spiro atoms. The van der Waals surface area contributed by atoms with Crippen LogP contribution in [-0.2, 0) is 12.0 Å². The fraction of sp³-hybridized carbons (Fsp3) is 0.435. The number of para-hydroxylation sites is 1. The lowest BCUT2D eigenvalue weighted by atomic mass is 9.71. The molecule has 0 radical (unpaired) electrons. The predicted molar refractivity (Wildman–Crippen MR) is 107 cm³/mol. The van der Waals surface area contributed by atoms with Crippen molar-refractivity contribution in [2.75, 3.05) is 26.7 Å². The molecule has 142 valence electrons. The van der Waals surface area contributed by atoms with Crippen LogP contribution in [0.15, 0.2) is 42.5 Å². The van der Waals surface area contributed by atoms with Crippen LogP contribution in [-0.4, -0.2) is 31.6 Å². The fourth-order valence-electron chi connectivity index (χ4n) is 3.85. The van der Waals surface area contributed by atoms with Crippen molar-refractivity contribution < 1.29 is 9.47 Å². The van der Waals surface area contributed by atoms with E-state index in [1.54, 1.807) is 0 Å². The lowest BCUT2D eigenvalue weighted by Gasteiger charge is -2.29. The van der Waals surface area contributed by atoms with Gasteiger partial charge in [0.1, 0.15) is 12.0 Å². The fourth-order valence-corrected chi connectivity index (χ4v) is 3.85. The molecule has 0 N–H and O–H groups in total. The van der Waals surface area contributed by atoms with Gasteiger partial charge in [-0.05, 0) is 57.1 Å². The van der Waals surface area contributed by atoms with E-state index < -0.39 is 5.41 Å². The van der Waals surface area contributed by atoms with Crippen LogP contribution in [0, 0.1) is 11.3 Å². The van der Waals surface area contributed by atoms with Gasteiger partial charge in [-0.3, -0.25) is 0 Å². The van der Waals surface area contributed by atoms with E-state index in [1.165, 1.54) is 0 Å². The minimum Gasteiger partial charge on any atom is -0.490 e. The smallest absolute Gasteiger partial charge is 0.166 e. The second-order valence-corrected chi connectivity index (χ2v) is 7.03. The molecule has 4 nitrogen and oxygen atoms in total. The van der Waals surface area contributed by atoms with Gasteiger partial charge < -0.3 is 14.4 Å². The van der Waals surface area contributed by atoms with Crippen molar-refractivity contribution in [3.63, 3.8) is 0 Å². The van der Waals surface area contributed by atoms with Crippen molar-refractivity contribution in [3.05, 3.63) is 59.2 Å². The Balaban J connectivity index is 2.12. The summed E-state index contributed by atoms with van der Waals surface area (Å²) in [4.78, 5) is 2.28. The third kappa shape index (κ3) is 3.65. The molecular weight excluding hydrogens is 336 g/mol. The molecule has 27 heavy (non-hydrogen) atoms. The molecule has 1 heterocycles. The van der Waals surface area contributed by atoms with Crippen LogP contribution in [0.1, 0.15) is 43.4 Å². The van der Waals surface area contributed by atoms with Crippen molar-refractivity contribution >= 4 is 0 Å². The van der Waals surface area contributed by atoms with E-state index in [4.69, 9.17) is 9.47 Å². The minimum absolute atomic E-state index is 0.450. The van der Waals surface area contributed by atoms with Gasteiger partial charge in [0.2, 0.25) is 0 Å². The van der Waals surface area contributed by atoms with E-state index in [2.05, 4.69) is 37.1 Å². The molecule has 2 aromatic carbocycles. The summed E-state index contributed by atoms with van der Waals surface area (Å²) >= 11 is 0. The van der Waals surface area contributed by atoms with Crippen LogP contribution in [0.25, 0.3) is 0 Å². The molecular formula is C23H28N2O2. The average molecular weight is 364 g/mol. The molecule has 1 aliphatic heterocycles. The number of hydrogen-bond acceptors (Lipinski definition) is 4. The molecule has 0 saturated carbocycles. The van der Waals surface area contributed by atoms with Gasteiger partial charge in [0, 0.05) is 5.56 Å². The molecule has 2 aromatic rings. The van der Waals surface area contributed by atoms with Gasteiger partial charge in [-0.1, -0.05) is 43.3 Å². The first-order chi connectivity index (χ1) is 13.2. The van der Waals surface area contributed by atoms with Gasteiger partial charge in [-0.15, -0.1) is 0 Å². The molecule has 3 rings (SSSR count). The van der Waals surface area contributed by atoms with Gasteiger partial charge in [-0.25, -0.2) is 0 Å². The molecule has 0 fully saturated rings. The Morgan fingerprint density at radius 3 is 2.67 bits per heavy atom. The highest BCUT2D eigenvalue weighted by Crippen LogP contribution is 2.48. The maximum atomic E-state index is 10.4. The highest BCUT2D eigenvalue weighted by Gasteiger charge is 2.41. The van der Waals surface area contributed by atoms with E-state index in [-0.39, 0.29) is 0 Å². The van der Waals surface area contributed by atoms with Crippen molar-refractivity contribution in [1.29, 1.82) is 5.26 Å². The molecule has 0 aromatic heterocycles. The molecule has 1 aliphatic rings. The van der Waals surface area contributed by atoms with Gasteiger partial charge >= 0.3 is 0 Å². The Morgan fingerprint density at radius 1 is 1.15 bits per heavy atom. The van der Waals surface area contributed by atoms with Gasteiger partial charge in [0.15, 0.2) is 11.5 Å². The summed E-state index contributed by atoms with van der Waals surface area (Å²) in [7, 11) is 2.12. The zero-order valence-electron chi connectivity index (χ0n) is 16.5. The monoisotopic (exact) mass is 364 g/mol. The number of rotatable bonds is 7. The molecule has 0 bridgehead atoms. The van der Waals surface area contributed by atoms with Crippen molar-refractivity contribution in [3.8, 4) is 17.6 Å². The van der Waals surface area contributed by atoms with E-state index in [0.717, 1.165) is 42.6 Å². The Kier molecular flexibility index (Phi) is 6.03. The van der Waals surface area contributed by atoms with E-state index in [0.29, 0.717) is 24.7 Å². The third-order valence-corrected chi connectivity index (χ3v) is 5.41. The van der Waals surface area contributed by atoms with Crippen LogP contribution >= 0.6 is 0 Å². The second kappa shape index (κ2) is 8.45. The zero-order valence-corrected chi connectivity index (χ0v) is 16.5. The summed E-state index contributed by atoms with van der Waals surface area (Å²) in [5, 5.41) is 10.4. The standard InChI is InChI=1S/C23H28N2O2/c1-4-25(3)15-9-14-23(17-24)19-11-7-6-10-18(19)16-27-22-20(23)12-8-13-21(22)26-5-2/h6-8,10-13H,4-5,9,14-16H2,1-3H3. The maximum Gasteiger partial charge on any atom is 0.166 e. The lowest BCUT2D eigenvalue weighted by Crippen LogP contribution is -2.29. The van der Waals surface area contributed by atoms with E-state index >= 15 is 0 Å². The van der Waals surface area contributed by atoms with Crippen molar-refractivity contribution in [2.24, 2.45) is 0 Å². The zero-order chi connectivity index (χ0) is 19.3. The summed E-state index contributed by atoms with van der Waals surface area (Å²) in [6, 6.07) is 16.7. The Hall–Kier alpha value is -2.51. The molecule has 0 amide bonds. The first-order valence-electron chi connectivity index (χ1n) is 9.73. The highest BCUT2D eigenvalue weighted by molar-refractivity contribution is 5.60. The average Bonchev–Trinajstić information content (AvgIpc) is 2.84. The predicted octanol–water partition coefficient (Wildman–Crippen LogP) is 4.52. The molecule has 1 atom stereocenters. The molecule has 0 aliphatic carbocycles. The molecule has 1 unspecified atom stereocenters. The Labute approximate surface area is 162 Å². The summed E-state index contributed by atoms with van der Waals surface area (Å²) in [5.41, 5.74) is 2.31. The normalized spacial score (nSPS) is 18.0. The number of nitrogens with zero attached hydrogens (tertiary/aromatic N) is 2. The van der Waals surface area contributed by atoms with Gasteiger partial charge in [0.05, 0.1) is 12.7 Å². The quantitative estimate of drug-likeness (QED) is 0.725. The number of hydrogen-bond donors (Lipinski definition) is 0. The van der Waals surface area contributed by atoms with Crippen LogP contribution in [0.3, 0.4) is 0 Å². The largest absolute Gasteiger partial charge is 0.490 e. The summed E-state index contributed by atoms with van der Waals surface area (Å²) in [6.07, 6.45) is 1.68. The SMILES string of the molecule is CCOc1cccc2c1OCc1ccccc1C2(C#N)CCCN(C)CC. The lowest BCUT2D eigenvalue weighted by molar-refractivity contribution is 0.268.